The molecule has 1 aromatic heterocycles. The van der Waals surface area contributed by atoms with Crippen LogP contribution in [0.4, 0.5) is 8.78 Å². The fourth-order valence-corrected chi connectivity index (χ4v) is 1.79. The van der Waals surface area contributed by atoms with Crippen LogP contribution in [0, 0.1) is 18.6 Å². The van der Waals surface area contributed by atoms with Crippen molar-refractivity contribution < 1.29 is 13.6 Å². The Kier molecular flexibility index (Phi) is 3.99. The van der Waals surface area contributed by atoms with Crippen LogP contribution in [0.3, 0.4) is 0 Å². The zero-order valence-corrected chi connectivity index (χ0v) is 11.5. The lowest BCUT2D eigenvalue weighted by atomic mass is 10.2. The van der Waals surface area contributed by atoms with Crippen LogP contribution in [-0.4, -0.2) is 33.0 Å². The van der Waals surface area contributed by atoms with E-state index in [1.54, 1.807) is 6.92 Å². The molecule has 0 saturated heterocycles. The molecule has 2 aromatic rings. The molecule has 20 heavy (non-hydrogen) atoms. The Morgan fingerprint density at radius 3 is 2.70 bits per heavy atom. The second-order valence-electron chi connectivity index (χ2n) is 4.24. The molecule has 2 rings (SSSR count). The first-order valence-corrected chi connectivity index (χ1v) is 6.04. The molecular formula is C12H11ClF2N4O. The molecule has 0 atom stereocenters. The number of hydrogen-bond donors (Lipinski definition) is 1. The molecule has 5 nitrogen and oxygen atoms in total. The predicted octanol–water partition coefficient (Wildman–Crippen LogP) is 2.32. The summed E-state index contributed by atoms with van der Waals surface area (Å²) in [6.45, 7) is 1.79. The van der Waals surface area contributed by atoms with Gasteiger partial charge < -0.3 is 4.90 Å². The van der Waals surface area contributed by atoms with Gasteiger partial charge in [-0.3, -0.25) is 9.89 Å². The lowest BCUT2D eigenvalue weighted by molar-refractivity contribution is 0.0776. The van der Waals surface area contributed by atoms with Crippen molar-refractivity contribution in [1.82, 2.24) is 20.1 Å². The number of rotatable bonds is 3. The summed E-state index contributed by atoms with van der Waals surface area (Å²) in [6.07, 6.45) is 0. The van der Waals surface area contributed by atoms with E-state index in [0.29, 0.717) is 11.6 Å². The van der Waals surface area contributed by atoms with Crippen molar-refractivity contribution >= 4 is 17.5 Å². The van der Waals surface area contributed by atoms with Gasteiger partial charge in [-0.1, -0.05) is 11.6 Å². The van der Waals surface area contributed by atoms with Gasteiger partial charge in [0.25, 0.3) is 5.91 Å². The van der Waals surface area contributed by atoms with Gasteiger partial charge in [0.15, 0.2) is 5.82 Å². The molecule has 0 aliphatic heterocycles. The van der Waals surface area contributed by atoms with Gasteiger partial charge in [0, 0.05) is 7.05 Å². The van der Waals surface area contributed by atoms with E-state index in [1.165, 1.54) is 11.9 Å². The first kappa shape index (κ1) is 14.4. The number of nitrogens with zero attached hydrogens (tertiary/aromatic N) is 3. The average molecular weight is 301 g/mol. The quantitative estimate of drug-likeness (QED) is 0.885. The third-order valence-corrected chi connectivity index (χ3v) is 2.90. The molecule has 8 heteroatoms. The van der Waals surface area contributed by atoms with Crippen molar-refractivity contribution in [3.8, 4) is 0 Å². The molecule has 1 amide bonds. The predicted molar refractivity (Wildman–Crippen MR) is 68.3 cm³/mol. The van der Waals surface area contributed by atoms with Gasteiger partial charge in [0.05, 0.1) is 17.1 Å². The minimum atomic E-state index is -0.876. The summed E-state index contributed by atoms with van der Waals surface area (Å²) in [7, 11) is 1.44. The van der Waals surface area contributed by atoms with Crippen LogP contribution in [0.1, 0.15) is 22.0 Å². The summed E-state index contributed by atoms with van der Waals surface area (Å²) in [6, 6.07) is 1.55. The van der Waals surface area contributed by atoms with Crippen LogP contribution in [0.25, 0.3) is 0 Å². The number of aromatic nitrogens is 3. The number of carbonyl (C=O) groups is 1. The van der Waals surface area contributed by atoms with Crippen LogP contribution in [0.2, 0.25) is 5.02 Å². The van der Waals surface area contributed by atoms with E-state index in [1.807, 2.05) is 0 Å². The zero-order valence-electron chi connectivity index (χ0n) is 10.7. The molecule has 0 unspecified atom stereocenters. The van der Waals surface area contributed by atoms with E-state index in [9.17, 15) is 13.6 Å². The van der Waals surface area contributed by atoms with Crippen molar-refractivity contribution in [3.63, 3.8) is 0 Å². The number of aromatic amines is 1. The highest BCUT2D eigenvalue weighted by Crippen LogP contribution is 2.20. The summed E-state index contributed by atoms with van der Waals surface area (Å²) < 4.78 is 27.0. The maximum atomic E-state index is 13.6. The van der Waals surface area contributed by atoms with Crippen LogP contribution in [-0.2, 0) is 6.54 Å². The average Bonchev–Trinajstić information content (AvgIpc) is 2.78. The zero-order chi connectivity index (χ0) is 14.9. The van der Waals surface area contributed by atoms with Crippen LogP contribution < -0.4 is 0 Å². The van der Waals surface area contributed by atoms with E-state index in [0.717, 1.165) is 12.1 Å². The summed E-state index contributed by atoms with van der Waals surface area (Å²) >= 11 is 5.44. The highest BCUT2D eigenvalue weighted by molar-refractivity contribution is 6.30. The van der Waals surface area contributed by atoms with E-state index >= 15 is 0 Å². The van der Waals surface area contributed by atoms with Crippen molar-refractivity contribution in [2.45, 2.75) is 13.5 Å². The highest BCUT2D eigenvalue weighted by atomic mass is 35.5. The fourth-order valence-electron chi connectivity index (χ4n) is 1.64. The van der Waals surface area contributed by atoms with Crippen LogP contribution >= 0.6 is 11.6 Å². The Labute approximate surface area is 118 Å². The van der Waals surface area contributed by atoms with Gasteiger partial charge in [0.2, 0.25) is 0 Å². The molecular weight excluding hydrogens is 290 g/mol. The molecule has 1 aromatic carbocycles. The molecule has 0 fully saturated rings. The molecule has 0 aliphatic carbocycles. The number of H-pyrrole nitrogens is 1. The lowest BCUT2D eigenvalue weighted by Gasteiger charge is -2.15. The number of halogens is 3. The number of aryl methyl sites for hydroxylation is 1. The van der Waals surface area contributed by atoms with Crippen LogP contribution in [0.15, 0.2) is 12.1 Å². The summed E-state index contributed by atoms with van der Waals surface area (Å²) in [5, 5.41) is 6.13. The maximum absolute atomic E-state index is 13.6. The second kappa shape index (κ2) is 5.54. The molecule has 106 valence electrons. The number of hydrogen-bond acceptors (Lipinski definition) is 3. The maximum Gasteiger partial charge on any atom is 0.257 e. The third kappa shape index (κ3) is 2.93. The summed E-state index contributed by atoms with van der Waals surface area (Å²) in [5.74, 6) is -1.42. The molecule has 1 N–H and O–H groups in total. The highest BCUT2D eigenvalue weighted by Gasteiger charge is 2.20. The first-order chi connectivity index (χ1) is 9.38. The Hall–Kier alpha value is -2.02. The van der Waals surface area contributed by atoms with E-state index in [-0.39, 0.29) is 17.1 Å². The summed E-state index contributed by atoms with van der Waals surface area (Å²) in [5.41, 5.74) is -0.387. The lowest BCUT2D eigenvalue weighted by Crippen LogP contribution is -2.27. The molecule has 0 bridgehead atoms. The fraction of sp³-hybridized carbons (Fsp3) is 0.250. The van der Waals surface area contributed by atoms with Gasteiger partial charge in [-0.15, -0.1) is 0 Å². The molecule has 0 aliphatic rings. The monoisotopic (exact) mass is 300 g/mol. The molecule has 0 saturated carbocycles. The first-order valence-electron chi connectivity index (χ1n) is 5.66. The van der Waals surface area contributed by atoms with Crippen molar-refractivity contribution in [2.75, 3.05) is 7.05 Å². The number of benzene rings is 1. The summed E-state index contributed by atoms with van der Waals surface area (Å²) in [4.78, 5) is 17.3. The van der Waals surface area contributed by atoms with Crippen molar-refractivity contribution in [1.29, 1.82) is 0 Å². The van der Waals surface area contributed by atoms with Crippen molar-refractivity contribution in [3.05, 3.63) is 46.0 Å². The number of nitrogens with one attached hydrogen (secondary N) is 1. The number of amides is 1. The van der Waals surface area contributed by atoms with E-state index < -0.39 is 17.5 Å². The minimum absolute atomic E-state index is 0.0762. The SMILES string of the molecule is Cc1nc(CN(C)C(=O)c2cc(F)c(Cl)cc2F)n[nH]1. The molecule has 0 radical (unpaired) electrons. The van der Waals surface area contributed by atoms with Crippen LogP contribution in [0.5, 0.6) is 0 Å². The molecule has 1 heterocycles. The molecule has 0 spiro atoms. The van der Waals surface area contributed by atoms with E-state index in [4.69, 9.17) is 11.6 Å². The Morgan fingerprint density at radius 2 is 2.10 bits per heavy atom. The largest absolute Gasteiger partial charge is 0.334 e. The van der Waals surface area contributed by atoms with Gasteiger partial charge >= 0.3 is 0 Å². The normalized spacial score (nSPS) is 10.7. The van der Waals surface area contributed by atoms with Gasteiger partial charge in [0.1, 0.15) is 17.5 Å². The second-order valence-corrected chi connectivity index (χ2v) is 4.65. The van der Waals surface area contributed by atoms with E-state index in [2.05, 4.69) is 15.2 Å². The van der Waals surface area contributed by atoms with Crippen molar-refractivity contribution in [2.24, 2.45) is 0 Å². The Bertz CT molecular complexity index is 659. The van der Waals surface area contributed by atoms with Gasteiger partial charge in [-0.25, -0.2) is 13.8 Å². The standard InChI is InChI=1S/C12H11ClF2N4O/c1-6-16-11(18-17-6)5-19(2)12(20)7-3-10(15)8(13)4-9(7)14/h3-4H,5H2,1-2H3,(H,16,17,18). The van der Waals surface area contributed by atoms with Gasteiger partial charge in [-0.2, -0.15) is 5.10 Å². The third-order valence-electron chi connectivity index (χ3n) is 2.61. The minimum Gasteiger partial charge on any atom is -0.334 e. The topological polar surface area (TPSA) is 61.9 Å². The Balaban J connectivity index is 2.20. The smallest absolute Gasteiger partial charge is 0.257 e. The number of carbonyl (C=O) groups excluding carboxylic acids is 1. The Morgan fingerprint density at radius 1 is 1.40 bits per heavy atom. The van der Waals surface area contributed by atoms with Gasteiger partial charge in [-0.05, 0) is 19.1 Å².